The number of nitrogens with one attached hydrogen (secondary N) is 1. The zero-order valence-corrected chi connectivity index (χ0v) is 14.9. The van der Waals surface area contributed by atoms with Crippen LogP contribution in [-0.4, -0.2) is 18.4 Å². The summed E-state index contributed by atoms with van der Waals surface area (Å²) in [5.41, 5.74) is 9.71. The lowest BCUT2D eigenvalue weighted by Crippen LogP contribution is -2.24. The van der Waals surface area contributed by atoms with Crippen molar-refractivity contribution in [3.8, 4) is 0 Å². The number of hydrogen-bond acceptors (Lipinski definition) is 3. The van der Waals surface area contributed by atoms with Gasteiger partial charge in [0.1, 0.15) is 0 Å². The molecule has 0 aliphatic carbocycles. The Bertz CT molecular complexity index is 775. The van der Waals surface area contributed by atoms with Gasteiger partial charge in [-0.3, -0.25) is 9.59 Å². The van der Waals surface area contributed by atoms with Crippen LogP contribution in [0.4, 0.5) is 11.4 Å². The van der Waals surface area contributed by atoms with Crippen molar-refractivity contribution in [2.45, 2.75) is 26.3 Å². The smallest absolute Gasteiger partial charge is 0.251 e. The predicted octanol–water partition coefficient (Wildman–Crippen LogP) is 3.06. The van der Waals surface area contributed by atoms with Gasteiger partial charge in [-0.15, -0.1) is 12.4 Å². The summed E-state index contributed by atoms with van der Waals surface area (Å²) >= 11 is 0. The highest BCUT2D eigenvalue weighted by molar-refractivity contribution is 5.96. The Labute approximate surface area is 153 Å². The van der Waals surface area contributed by atoms with E-state index in [0.717, 1.165) is 29.8 Å². The maximum Gasteiger partial charge on any atom is 0.251 e. The molecule has 132 valence electrons. The molecular weight excluding hydrogens is 338 g/mol. The lowest BCUT2D eigenvalue weighted by Gasteiger charge is -2.16. The van der Waals surface area contributed by atoms with E-state index in [0.29, 0.717) is 24.2 Å². The maximum atomic E-state index is 12.3. The molecule has 1 fully saturated rings. The molecule has 2 aromatic rings. The Morgan fingerprint density at radius 3 is 2.56 bits per heavy atom. The second-order valence-electron chi connectivity index (χ2n) is 6.07. The molecule has 0 saturated carbocycles. The number of rotatable bonds is 4. The summed E-state index contributed by atoms with van der Waals surface area (Å²) in [6.45, 7) is 3.10. The average molecular weight is 360 g/mol. The van der Waals surface area contributed by atoms with Crippen LogP contribution in [0.5, 0.6) is 0 Å². The van der Waals surface area contributed by atoms with Gasteiger partial charge in [-0.05, 0) is 48.7 Å². The highest BCUT2D eigenvalue weighted by atomic mass is 35.5. The van der Waals surface area contributed by atoms with Gasteiger partial charge in [0.2, 0.25) is 5.91 Å². The molecule has 1 saturated heterocycles. The molecule has 5 nitrogen and oxygen atoms in total. The Kier molecular flexibility index (Phi) is 6.04. The number of aryl methyl sites for hydroxylation is 1. The molecule has 1 aliphatic rings. The van der Waals surface area contributed by atoms with Crippen LogP contribution in [0.3, 0.4) is 0 Å². The molecule has 25 heavy (non-hydrogen) atoms. The number of nitrogen functional groups attached to an aromatic ring is 1. The van der Waals surface area contributed by atoms with Crippen LogP contribution in [0.2, 0.25) is 0 Å². The van der Waals surface area contributed by atoms with Crippen molar-refractivity contribution < 1.29 is 9.59 Å². The lowest BCUT2D eigenvalue weighted by atomic mass is 10.1. The Morgan fingerprint density at radius 1 is 1.20 bits per heavy atom. The lowest BCUT2D eigenvalue weighted by molar-refractivity contribution is -0.117. The first kappa shape index (κ1) is 18.8. The first-order chi connectivity index (χ1) is 11.5. The van der Waals surface area contributed by atoms with E-state index in [2.05, 4.69) is 5.32 Å². The Hall–Kier alpha value is -2.53. The first-order valence-electron chi connectivity index (χ1n) is 8.08. The molecule has 0 radical (unpaired) electrons. The van der Waals surface area contributed by atoms with Crippen molar-refractivity contribution in [3.63, 3.8) is 0 Å². The van der Waals surface area contributed by atoms with Gasteiger partial charge in [-0.2, -0.15) is 0 Å². The molecule has 3 N–H and O–H groups in total. The quantitative estimate of drug-likeness (QED) is 0.824. The molecule has 0 atom stereocenters. The SMILES string of the molecule is Cc1ccc(N)cc1C(=O)NCc1ccc(N2CCCC2=O)cc1.Cl. The molecule has 6 heteroatoms. The fourth-order valence-electron chi connectivity index (χ4n) is 2.88. The number of hydrogen-bond donors (Lipinski definition) is 2. The monoisotopic (exact) mass is 359 g/mol. The number of nitrogens with zero attached hydrogens (tertiary/aromatic N) is 1. The molecule has 1 aliphatic heterocycles. The summed E-state index contributed by atoms with van der Waals surface area (Å²) in [6, 6.07) is 13.0. The number of carbonyl (C=O) groups is 2. The summed E-state index contributed by atoms with van der Waals surface area (Å²) < 4.78 is 0. The minimum Gasteiger partial charge on any atom is -0.399 e. The summed E-state index contributed by atoms with van der Waals surface area (Å²) in [5, 5.41) is 2.91. The van der Waals surface area contributed by atoms with Crippen molar-refractivity contribution in [2.24, 2.45) is 0 Å². The molecule has 0 aromatic heterocycles. The number of benzene rings is 2. The summed E-state index contributed by atoms with van der Waals surface area (Å²) in [4.78, 5) is 25.8. The van der Waals surface area contributed by atoms with Crippen molar-refractivity contribution in [2.75, 3.05) is 17.2 Å². The highest BCUT2D eigenvalue weighted by Gasteiger charge is 2.21. The fraction of sp³-hybridized carbons (Fsp3) is 0.263. The zero-order chi connectivity index (χ0) is 17.1. The third-order valence-corrected chi connectivity index (χ3v) is 4.28. The van der Waals surface area contributed by atoms with Crippen LogP contribution in [0.15, 0.2) is 42.5 Å². The third-order valence-electron chi connectivity index (χ3n) is 4.28. The fourth-order valence-corrected chi connectivity index (χ4v) is 2.88. The minimum absolute atomic E-state index is 0. The molecule has 2 amide bonds. The van der Waals surface area contributed by atoms with Gasteiger partial charge in [0.15, 0.2) is 0 Å². The maximum absolute atomic E-state index is 12.3. The van der Waals surface area contributed by atoms with E-state index in [1.165, 1.54) is 0 Å². The number of carbonyl (C=O) groups excluding carboxylic acids is 2. The van der Waals surface area contributed by atoms with Crippen molar-refractivity contribution in [1.29, 1.82) is 0 Å². The summed E-state index contributed by atoms with van der Waals surface area (Å²) in [7, 11) is 0. The number of nitrogens with two attached hydrogens (primary N) is 1. The Balaban J connectivity index is 0.00000225. The van der Waals surface area contributed by atoms with E-state index in [1.807, 2.05) is 37.3 Å². The number of halogens is 1. The van der Waals surface area contributed by atoms with Crippen LogP contribution in [0.1, 0.15) is 34.3 Å². The van der Waals surface area contributed by atoms with Gasteiger partial charge in [-0.1, -0.05) is 18.2 Å². The van der Waals surface area contributed by atoms with Gasteiger partial charge in [0, 0.05) is 36.4 Å². The van der Waals surface area contributed by atoms with Crippen LogP contribution in [0, 0.1) is 6.92 Å². The zero-order valence-electron chi connectivity index (χ0n) is 14.1. The minimum atomic E-state index is -0.140. The van der Waals surface area contributed by atoms with Gasteiger partial charge in [-0.25, -0.2) is 0 Å². The van der Waals surface area contributed by atoms with Gasteiger partial charge in [0.25, 0.3) is 5.91 Å². The number of anilines is 2. The topological polar surface area (TPSA) is 75.4 Å². The van der Waals surface area contributed by atoms with Crippen molar-refractivity contribution in [3.05, 3.63) is 59.2 Å². The van der Waals surface area contributed by atoms with Crippen LogP contribution < -0.4 is 16.0 Å². The van der Waals surface area contributed by atoms with E-state index in [9.17, 15) is 9.59 Å². The normalized spacial score (nSPS) is 13.5. The van der Waals surface area contributed by atoms with Gasteiger partial charge < -0.3 is 16.0 Å². The highest BCUT2D eigenvalue weighted by Crippen LogP contribution is 2.21. The molecule has 2 aromatic carbocycles. The summed E-state index contributed by atoms with van der Waals surface area (Å²) in [5.74, 6) is 0.0341. The van der Waals surface area contributed by atoms with Crippen molar-refractivity contribution in [1.82, 2.24) is 5.32 Å². The van der Waals surface area contributed by atoms with Gasteiger partial charge in [0.05, 0.1) is 0 Å². The van der Waals surface area contributed by atoms with Crippen LogP contribution >= 0.6 is 12.4 Å². The third kappa shape index (κ3) is 4.31. The molecule has 3 rings (SSSR count). The molecule has 0 bridgehead atoms. The van der Waals surface area contributed by atoms with E-state index >= 15 is 0 Å². The number of amides is 2. The van der Waals surface area contributed by atoms with E-state index in [1.54, 1.807) is 17.0 Å². The molecular formula is C19H22ClN3O2. The second kappa shape index (κ2) is 8.03. The second-order valence-corrected chi connectivity index (χ2v) is 6.07. The first-order valence-corrected chi connectivity index (χ1v) is 8.08. The molecule has 0 unspecified atom stereocenters. The van der Waals surface area contributed by atoms with E-state index < -0.39 is 0 Å². The van der Waals surface area contributed by atoms with E-state index in [4.69, 9.17) is 5.73 Å². The Morgan fingerprint density at radius 2 is 1.92 bits per heavy atom. The van der Waals surface area contributed by atoms with Gasteiger partial charge >= 0.3 is 0 Å². The van der Waals surface area contributed by atoms with E-state index in [-0.39, 0.29) is 24.2 Å². The largest absolute Gasteiger partial charge is 0.399 e. The predicted molar refractivity (Wildman–Crippen MR) is 102 cm³/mol. The molecule has 0 spiro atoms. The van der Waals surface area contributed by atoms with Crippen molar-refractivity contribution >= 4 is 35.6 Å². The summed E-state index contributed by atoms with van der Waals surface area (Å²) in [6.07, 6.45) is 1.54. The standard InChI is InChI=1S/C19H21N3O2.ClH/c1-13-4-7-15(20)11-17(13)19(24)21-12-14-5-8-16(9-6-14)22-10-2-3-18(22)23;/h4-9,11H,2-3,10,12,20H2,1H3,(H,21,24);1H. The van der Waals surface area contributed by atoms with Crippen LogP contribution in [-0.2, 0) is 11.3 Å². The molecule has 1 heterocycles. The van der Waals surface area contributed by atoms with Crippen LogP contribution in [0.25, 0.3) is 0 Å². The average Bonchev–Trinajstić information content (AvgIpc) is 3.01.